The van der Waals surface area contributed by atoms with Crippen molar-refractivity contribution in [1.29, 1.82) is 0 Å². The van der Waals surface area contributed by atoms with Crippen LogP contribution < -0.4 is 11.1 Å². The van der Waals surface area contributed by atoms with Crippen LogP contribution in [-0.4, -0.2) is 40.9 Å². The first-order valence-corrected chi connectivity index (χ1v) is 6.92. The smallest absolute Gasteiger partial charge is 0.274 e. The predicted molar refractivity (Wildman–Crippen MR) is 86.2 cm³/mol. The van der Waals surface area contributed by atoms with Gasteiger partial charge in [-0.15, -0.1) is 12.4 Å². The van der Waals surface area contributed by atoms with Crippen molar-refractivity contribution in [3.8, 4) is 0 Å². The average Bonchev–Trinajstić information content (AvgIpc) is 2.37. The second-order valence-corrected chi connectivity index (χ2v) is 5.63. The van der Waals surface area contributed by atoms with Crippen LogP contribution in [-0.2, 0) is 6.54 Å². The molecule has 2 rings (SSSR count). The largest absolute Gasteiger partial charge is 0.366 e. The van der Waals surface area contributed by atoms with Crippen molar-refractivity contribution < 1.29 is 9.72 Å². The highest BCUT2D eigenvalue weighted by Crippen LogP contribution is 2.22. The third kappa shape index (κ3) is 4.40. The van der Waals surface area contributed by atoms with Gasteiger partial charge in [0.05, 0.1) is 4.92 Å². The molecule has 1 aromatic rings. The van der Waals surface area contributed by atoms with E-state index in [0.717, 1.165) is 13.1 Å². The Balaban J connectivity index is 0.00000242. The molecule has 1 aliphatic rings. The first kappa shape index (κ1) is 18.3. The summed E-state index contributed by atoms with van der Waals surface area (Å²) in [6, 6.07) is 5.11. The monoisotopic (exact) mass is 328 g/mol. The number of nitrogens with zero attached hydrogens (tertiary/aromatic N) is 2. The summed E-state index contributed by atoms with van der Waals surface area (Å²) < 4.78 is 0. The van der Waals surface area contributed by atoms with Gasteiger partial charge in [-0.1, -0.05) is 6.07 Å². The van der Waals surface area contributed by atoms with Gasteiger partial charge < -0.3 is 11.1 Å². The summed E-state index contributed by atoms with van der Waals surface area (Å²) in [5, 5.41) is 14.6. The summed E-state index contributed by atoms with van der Waals surface area (Å²) in [5.41, 5.74) is 5.89. The molecular weight excluding hydrogens is 308 g/mol. The predicted octanol–water partition coefficient (Wildman–Crippen LogP) is 1.30. The lowest BCUT2D eigenvalue weighted by atomic mass is 10.1. The van der Waals surface area contributed by atoms with Crippen LogP contribution in [0.2, 0.25) is 0 Å². The summed E-state index contributed by atoms with van der Waals surface area (Å²) in [6.45, 7) is 6.34. The minimum absolute atomic E-state index is 0. The molecule has 1 saturated heterocycles. The van der Waals surface area contributed by atoms with Crippen molar-refractivity contribution in [2.45, 2.75) is 32.5 Å². The van der Waals surface area contributed by atoms with Crippen LogP contribution in [0.3, 0.4) is 0 Å². The summed E-state index contributed by atoms with van der Waals surface area (Å²) in [7, 11) is 0. The van der Waals surface area contributed by atoms with Gasteiger partial charge in [0, 0.05) is 48.9 Å². The first-order chi connectivity index (χ1) is 9.86. The van der Waals surface area contributed by atoms with Crippen LogP contribution >= 0.6 is 12.4 Å². The van der Waals surface area contributed by atoms with Gasteiger partial charge in [-0.3, -0.25) is 19.8 Å². The van der Waals surface area contributed by atoms with Crippen LogP contribution in [0.15, 0.2) is 18.2 Å². The summed E-state index contributed by atoms with van der Waals surface area (Å²) in [6.07, 6.45) is 0. The Bertz CT molecular complexity index is 557. The van der Waals surface area contributed by atoms with E-state index >= 15 is 0 Å². The molecule has 22 heavy (non-hydrogen) atoms. The zero-order chi connectivity index (χ0) is 15.6. The van der Waals surface area contributed by atoms with Crippen molar-refractivity contribution in [1.82, 2.24) is 10.2 Å². The second kappa shape index (κ2) is 7.53. The van der Waals surface area contributed by atoms with Gasteiger partial charge in [0.2, 0.25) is 5.91 Å². The van der Waals surface area contributed by atoms with Crippen molar-refractivity contribution >= 4 is 24.0 Å². The number of nitrogens with two attached hydrogens (primary N) is 1. The molecule has 1 fully saturated rings. The molecule has 0 bridgehead atoms. The Hall–Kier alpha value is -1.70. The number of carbonyl (C=O) groups excluding carboxylic acids is 1. The average molecular weight is 329 g/mol. The van der Waals surface area contributed by atoms with Crippen LogP contribution in [0.1, 0.15) is 29.8 Å². The third-order valence-corrected chi connectivity index (χ3v) is 3.59. The zero-order valence-electron chi connectivity index (χ0n) is 12.6. The van der Waals surface area contributed by atoms with Gasteiger partial charge in [-0.25, -0.2) is 0 Å². The fourth-order valence-corrected chi connectivity index (χ4v) is 2.83. The highest BCUT2D eigenvalue weighted by Gasteiger charge is 2.24. The van der Waals surface area contributed by atoms with E-state index in [-0.39, 0.29) is 23.7 Å². The fourth-order valence-electron chi connectivity index (χ4n) is 2.83. The zero-order valence-corrected chi connectivity index (χ0v) is 13.4. The standard InChI is InChI=1S/C14H20N4O3.ClH/c1-9-6-17(7-10(2)16-9)8-12-4-3-11(14(15)19)5-13(12)18(20)21;/h3-5,9-10,16H,6-8H2,1-2H3,(H2,15,19);1H. The molecule has 7 nitrogen and oxygen atoms in total. The third-order valence-electron chi connectivity index (χ3n) is 3.59. The number of nitro benzene ring substituents is 1. The normalized spacial score (nSPS) is 21.9. The number of rotatable bonds is 4. The molecule has 1 heterocycles. The van der Waals surface area contributed by atoms with Crippen LogP contribution in [0.25, 0.3) is 0 Å². The number of primary amides is 1. The minimum atomic E-state index is -0.658. The molecule has 3 N–H and O–H groups in total. The maximum Gasteiger partial charge on any atom is 0.274 e. The number of nitrogens with one attached hydrogen (secondary N) is 1. The molecule has 0 saturated carbocycles. The SMILES string of the molecule is CC1CN(Cc2ccc(C(N)=O)cc2[N+](=O)[O-])CC(C)N1.Cl. The molecule has 122 valence electrons. The van der Waals surface area contributed by atoms with E-state index in [1.54, 1.807) is 12.1 Å². The van der Waals surface area contributed by atoms with Crippen LogP contribution in [0.4, 0.5) is 5.69 Å². The van der Waals surface area contributed by atoms with E-state index in [1.807, 2.05) is 0 Å². The number of carbonyl (C=O) groups is 1. The molecule has 0 radical (unpaired) electrons. The van der Waals surface area contributed by atoms with Crippen molar-refractivity contribution in [2.75, 3.05) is 13.1 Å². The van der Waals surface area contributed by atoms with Crippen LogP contribution in [0.5, 0.6) is 0 Å². The topological polar surface area (TPSA) is 102 Å². The maximum absolute atomic E-state index is 11.2. The highest BCUT2D eigenvalue weighted by molar-refractivity contribution is 5.93. The number of hydrogen-bond acceptors (Lipinski definition) is 5. The van der Waals surface area contributed by atoms with E-state index in [4.69, 9.17) is 5.73 Å². The Morgan fingerprint density at radius 1 is 1.41 bits per heavy atom. The summed E-state index contributed by atoms with van der Waals surface area (Å²) >= 11 is 0. The molecule has 1 amide bonds. The van der Waals surface area contributed by atoms with E-state index in [2.05, 4.69) is 24.1 Å². The number of halogens is 1. The van der Waals surface area contributed by atoms with Gasteiger partial charge in [0.15, 0.2) is 0 Å². The molecule has 0 spiro atoms. The van der Waals surface area contributed by atoms with E-state index in [9.17, 15) is 14.9 Å². The lowest BCUT2D eigenvalue weighted by molar-refractivity contribution is -0.385. The molecule has 0 aliphatic carbocycles. The Morgan fingerprint density at radius 3 is 2.50 bits per heavy atom. The van der Waals surface area contributed by atoms with E-state index < -0.39 is 10.8 Å². The Labute approximate surface area is 135 Å². The summed E-state index contributed by atoms with van der Waals surface area (Å²) in [4.78, 5) is 24.1. The van der Waals surface area contributed by atoms with Crippen molar-refractivity contribution in [3.63, 3.8) is 0 Å². The van der Waals surface area contributed by atoms with Gasteiger partial charge >= 0.3 is 0 Å². The van der Waals surface area contributed by atoms with E-state index in [0.29, 0.717) is 24.2 Å². The lowest BCUT2D eigenvalue weighted by Crippen LogP contribution is -2.53. The molecule has 2 unspecified atom stereocenters. The number of hydrogen-bond donors (Lipinski definition) is 2. The number of piperazine rings is 1. The van der Waals surface area contributed by atoms with E-state index in [1.165, 1.54) is 6.07 Å². The van der Waals surface area contributed by atoms with Crippen LogP contribution in [0, 0.1) is 10.1 Å². The molecule has 1 aliphatic heterocycles. The first-order valence-electron chi connectivity index (χ1n) is 6.92. The molecule has 8 heteroatoms. The minimum Gasteiger partial charge on any atom is -0.366 e. The van der Waals surface area contributed by atoms with Gasteiger partial charge in [0.1, 0.15) is 0 Å². The molecule has 0 aromatic heterocycles. The van der Waals surface area contributed by atoms with Gasteiger partial charge in [0.25, 0.3) is 5.69 Å². The molecule has 1 aromatic carbocycles. The number of nitro groups is 1. The highest BCUT2D eigenvalue weighted by atomic mass is 35.5. The number of benzene rings is 1. The quantitative estimate of drug-likeness (QED) is 0.640. The number of amides is 1. The van der Waals surface area contributed by atoms with Gasteiger partial charge in [-0.05, 0) is 19.9 Å². The van der Waals surface area contributed by atoms with Gasteiger partial charge in [-0.2, -0.15) is 0 Å². The lowest BCUT2D eigenvalue weighted by Gasteiger charge is -2.36. The summed E-state index contributed by atoms with van der Waals surface area (Å²) in [5.74, 6) is -0.658. The Kier molecular flexibility index (Phi) is 6.28. The second-order valence-electron chi connectivity index (χ2n) is 5.63. The molecular formula is C14H21ClN4O3. The maximum atomic E-state index is 11.2. The Morgan fingerprint density at radius 2 is 2.00 bits per heavy atom. The van der Waals surface area contributed by atoms with Crippen molar-refractivity contribution in [3.05, 3.63) is 39.4 Å². The molecule has 2 atom stereocenters. The van der Waals surface area contributed by atoms with Crippen molar-refractivity contribution in [2.24, 2.45) is 5.73 Å². The fraction of sp³-hybridized carbons (Fsp3) is 0.500.